The van der Waals surface area contributed by atoms with Crippen LogP contribution in [0.25, 0.3) is 0 Å². The highest BCUT2D eigenvalue weighted by atomic mass is 16.2. The fourth-order valence-corrected chi connectivity index (χ4v) is 4.43. The van der Waals surface area contributed by atoms with Gasteiger partial charge in [0.1, 0.15) is 0 Å². The Morgan fingerprint density at radius 1 is 0.710 bits per heavy atom. The maximum atomic E-state index is 13.7. The minimum Gasteiger partial charge on any atom is -0.378 e. The molecule has 3 heteroatoms. The highest BCUT2D eigenvalue weighted by Crippen LogP contribution is 2.45. The normalized spacial score (nSPS) is 17.6. The van der Waals surface area contributed by atoms with Crippen LogP contribution in [0.3, 0.4) is 0 Å². The summed E-state index contributed by atoms with van der Waals surface area (Å²) >= 11 is 0. The summed E-state index contributed by atoms with van der Waals surface area (Å²) in [7, 11) is 0. The summed E-state index contributed by atoms with van der Waals surface area (Å²) in [4.78, 5) is 15.7. The molecule has 0 fully saturated rings. The van der Waals surface area contributed by atoms with E-state index in [-0.39, 0.29) is 18.0 Å². The Balaban J connectivity index is 1.62. The van der Waals surface area contributed by atoms with Crippen molar-refractivity contribution in [3.63, 3.8) is 0 Å². The van der Waals surface area contributed by atoms with Gasteiger partial charge in [-0.1, -0.05) is 84.9 Å². The van der Waals surface area contributed by atoms with E-state index in [1.807, 2.05) is 83.8 Å². The number of para-hydroxylation sites is 2. The summed E-state index contributed by atoms with van der Waals surface area (Å²) in [6, 6.07) is 38.4. The number of amides is 1. The van der Waals surface area contributed by atoms with Gasteiger partial charge in [-0.15, -0.1) is 0 Å². The average molecular weight is 405 g/mol. The van der Waals surface area contributed by atoms with E-state index in [9.17, 15) is 4.79 Å². The van der Waals surface area contributed by atoms with E-state index >= 15 is 0 Å². The third kappa shape index (κ3) is 3.82. The van der Waals surface area contributed by atoms with Crippen molar-refractivity contribution in [2.24, 2.45) is 0 Å². The number of hydrogen-bond donors (Lipinski definition) is 1. The molecule has 4 aromatic carbocycles. The first-order chi connectivity index (χ1) is 15.3. The van der Waals surface area contributed by atoms with E-state index in [1.54, 1.807) is 0 Å². The van der Waals surface area contributed by atoms with Gasteiger partial charge in [0.05, 0.1) is 12.1 Å². The van der Waals surface area contributed by atoms with Crippen molar-refractivity contribution in [2.45, 2.75) is 18.5 Å². The molecule has 0 radical (unpaired) electrons. The Bertz CT molecular complexity index is 1160. The van der Waals surface area contributed by atoms with Crippen LogP contribution >= 0.6 is 0 Å². The molecule has 4 aromatic rings. The molecule has 1 N–H and O–H groups in total. The van der Waals surface area contributed by atoms with E-state index in [2.05, 4.69) is 41.7 Å². The highest BCUT2D eigenvalue weighted by molar-refractivity contribution is 6.07. The summed E-state index contributed by atoms with van der Waals surface area (Å²) < 4.78 is 0. The lowest BCUT2D eigenvalue weighted by atomic mass is 9.86. The maximum absolute atomic E-state index is 13.7. The van der Waals surface area contributed by atoms with Gasteiger partial charge >= 0.3 is 0 Å². The molecule has 0 aromatic heterocycles. The summed E-state index contributed by atoms with van der Waals surface area (Å²) in [5, 5.41) is 3.70. The molecule has 0 aliphatic carbocycles. The number of hydrogen-bond acceptors (Lipinski definition) is 2. The third-order valence-electron chi connectivity index (χ3n) is 5.88. The van der Waals surface area contributed by atoms with E-state index in [1.165, 1.54) is 0 Å². The first-order valence-corrected chi connectivity index (χ1v) is 10.7. The predicted octanol–water partition coefficient (Wildman–Crippen LogP) is 6.63. The standard InChI is InChI=1S/C28H24N2O/c31-28(22-14-6-2-7-15-22)30-26-19-11-10-18-24(26)25(29-23-16-8-3-9-17-23)20-27(30)21-12-4-1-5-13-21/h1-19,25,27,29H,20H2/t25-,27-/m1/s1. The zero-order valence-corrected chi connectivity index (χ0v) is 17.2. The lowest BCUT2D eigenvalue weighted by Crippen LogP contribution is -2.40. The van der Waals surface area contributed by atoms with E-state index < -0.39 is 0 Å². The minimum atomic E-state index is -0.0648. The van der Waals surface area contributed by atoms with Crippen molar-refractivity contribution < 1.29 is 4.79 Å². The molecule has 2 atom stereocenters. The van der Waals surface area contributed by atoms with Crippen LogP contribution in [0.2, 0.25) is 0 Å². The molecule has 0 unspecified atom stereocenters. The van der Waals surface area contributed by atoms with Crippen LogP contribution in [0.15, 0.2) is 115 Å². The molecule has 1 heterocycles. The molecule has 0 bridgehead atoms. The molecular formula is C28H24N2O. The van der Waals surface area contributed by atoms with Crippen LogP contribution < -0.4 is 10.2 Å². The number of rotatable bonds is 4. The lowest BCUT2D eigenvalue weighted by molar-refractivity contribution is 0.0971. The number of fused-ring (bicyclic) bond motifs is 1. The number of carbonyl (C=O) groups excluding carboxylic acids is 1. The number of benzene rings is 4. The molecule has 3 nitrogen and oxygen atoms in total. The topological polar surface area (TPSA) is 32.3 Å². The van der Waals surface area contributed by atoms with Gasteiger partial charge in [-0.2, -0.15) is 0 Å². The smallest absolute Gasteiger partial charge is 0.258 e. The van der Waals surface area contributed by atoms with Gasteiger partial charge in [0.2, 0.25) is 0 Å². The quantitative estimate of drug-likeness (QED) is 0.414. The fourth-order valence-electron chi connectivity index (χ4n) is 4.43. The second kappa shape index (κ2) is 8.49. The lowest BCUT2D eigenvalue weighted by Gasteiger charge is -2.41. The summed E-state index contributed by atoms with van der Waals surface area (Å²) in [6.07, 6.45) is 0.786. The van der Waals surface area contributed by atoms with Gasteiger partial charge in [-0.3, -0.25) is 4.79 Å². The zero-order chi connectivity index (χ0) is 21.0. The molecule has 0 spiro atoms. The van der Waals surface area contributed by atoms with Gasteiger partial charge in [-0.25, -0.2) is 0 Å². The van der Waals surface area contributed by atoms with Gasteiger partial charge < -0.3 is 10.2 Å². The fraction of sp³-hybridized carbons (Fsp3) is 0.107. The molecular weight excluding hydrogens is 380 g/mol. The van der Waals surface area contributed by atoms with Crippen LogP contribution in [0.5, 0.6) is 0 Å². The number of anilines is 2. The zero-order valence-electron chi connectivity index (χ0n) is 17.2. The Kier molecular flexibility index (Phi) is 5.24. The van der Waals surface area contributed by atoms with Crippen molar-refractivity contribution in [1.82, 2.24) is 0 Å². The van der Waals surface area contributed by atoms with Crippen LogP contribution in [-0.4, -0.2) is 5.91 Å². The number of carbonyl (C=O) groups is 1. The monoisotopic (exact) mass is 404 g/mol. The molecule has 1 amide bonds. The summed E-state index contributed by atoms with van der Waals surface area (Å²) in [5.41, 5.74) is 5.03. The van der Waals surface area contributed by atoms with E-state index in [4.69, 9.17) is 0 Å². The SMILES string of the molecule is O=C(c1ccccc1)N1c2ccccc2[C@H](Nc2ccccc2)C[C@@H]1c1ccccc1. The highest BCUT2D eigenvalue weighted by Gasteiger charge is 2.37. The molecule has 0 saturated carbocycles. The predicted molar refractivity (Wildman–Crippen MR) is 126 cm³/mol. The summed E-state index contributed by atoms with van der Waals surface area (Å²) in [5.74, 6) is 0.0278. The Hall–Kier alpha value is -3.85. The minimum absolute atomic E-state index is 0.0278. The van der Waals surface area contributed by atoms with Crippen molar-refractivity contribution in [3.05, 3.63) is 132 Å². The molecule has 152 valence electrons. The van der Waals surface area contributed by atoms with Gasteiger partial charge in [-0.05, 0) is 47.9 Å². The molecule has 0 saturated heterocycles. The largest absolute Gasteiger partial charge is 0.378 e. The Labute approximate surface area is 183 Å². The van der Waals surface area contributed by atoms with Crippen LogP contribution in [0, 0.1) is 0 Å². The third-order valence-corrected chi connectivity index (χ3v) is 5.88. The Morgan fingerprint density at radius 3 is 2.00 bits per heavy atom. The second-order valence-electron chi connectivity index (χ2n) is 7.83. The number of nitrogens with one attached hydrogen (secondary N) is 1. The van der Waals surface area contributed by atoms with Crippen LogP contribution in [-0.2, 0) is 0 Å². The van der Waals surface area contributed by atoms with Crippen molar-refractivity contribution in [1.29, 1.82) is 0 Å². The maximum Gasteiger partial charge on any atom is 0.258 e. The van der Waals surface area contributed by atoms with Crippen LogP contribution in [0.1, 0.15) is 40.0 Å². The average Bonchev–Trinajstić information content (AvgIpc) is 2.85. The van der Waals surface area contributed by atoms with E-state index in [0.29, 0.717) is 5.56 Å². The van der Waals surface area contributed by atoms with Crippen molar-refractivity contribution >= 4 is 17.3 Å². The van der Waals surface area contributed by atoms with Crippen molar-refractivity contribution in [3.8, 4) is 0 Å². The van der Waals surface area contributed by atoms with Crippen molar-refractivity contribution in [2.75, 3.05) is 10.2 Å². The van der Waals surface area contributed by atoms with Gasteiger partial charge in [0.15, 0.2) is 0 Å². The molecule has 1 aliphatic heterocycles. The molecule has 5 rings (SSSR count). The number of nitrogens with zero attached hydrogens (tertiary/aromatic N) is 1. The second-order valence-corrected chi connectivity index (χ2v) is 7.83. The van der Waals surface area contributed by atoms with Crippen LogP contribution in [0.4, 0.5) is 11.4 Å². The first kappa shape index (κ1) is 19.1. The van der Waals surface area contributed by atoms with E-state index in [0.717, 1.165) is 28.9 Å². The summed E-state index contributed by atoms with van der Waals surface area (Å²) in [6.45, 7) is 0. The van der Waals surface area contributed by atoms with Gasteiger partial charge in [0, 0.05) is 16.9 Å². The first-order valence-electron chi connectivity index (χ1n) is 10.7. The molecule has 31 heavy (non-hydrogen) atoms. The molecule has 1 aliphatic rings. The van der Waals surface area contributed by atoms with Gasteiger partial charge in [0.25, 0.3) is 5.91 Å². The Morgan fingerprint density at radius 2 is 1.29 bits per heavy atom.